The third kappa shape index (κ3) is 3.43. The lowest BCUT2D eigenvalue weighted by molar-refractivity contribution is 0.0514. The summed E-state index contributed by atoms with van der Waals surface area (Å²) in [6, 6.07) is 0. The molecule has 4 nitrogen and oxygen atoms in total. The van der Waals surface area contributed by atoms with Gasteiger partial charge in [-0.2, -0.15) is 9.78 Å². The van der Waals surface area contributed by atoms with Gasteiger partial charge in [-0.15, -0.1) is 4.39 Å². The van der Waals surface area contributed by atoms with Crippen molar-refractivity contribution in [3.63, 3.8) is 0 Å². The second-order valence-electron chi connectivity index (χ2n) is 3.87. The van der Waals surface area contributed by atoms with Crippen LogP contribution in [0.3, 0.4) is 0 Å². The molecule has 1 aromatic heterocycles. The Morgan fingerprint density at radius 1 is 1.60 bits per heavy atom. The van der Waals surface area contributed by atoms with E-state index < -0.39 is 11.7 Å². The fraction of sp³-hybridized carbons (Fsp3) is 0.400. The van der Waals surface area contributed by atoms with Gasteiger partial charge in [-0.25, -0.2) is 4.79 Å². The van der Waals surface area contributed by atoms with Crippen LogP contribution in [0, 0.1) is 12.1 Å². The molecule has 1 heterocycles. The predicted molar refractivity (Wildman–Crippen MR) is 51.8 cm³/mol. The van der Waals surface area contributed by atoms with Crippen molar-refractivity contribution >= 4 is 6.09 Å². The molecule has 0 aliphatic carbocycles. The third-order valence-corrected chi connectivity index (χ3v) is 1.35. The highest BCUT2D eigenvalue weighted by molar-refractivity contribution is 5.70. The number of nitrogens with zero attached hydrogens (tertiary/aromatic N) is 2. The van der Waals surface area contributed by atoms with E-state index in [2.05, 4.69) is 11.0 Å². The lowest BCUT2D eigenvalue weighted by atomic mass is 10.2. The first-order valence-electron chi connectivity index (χ1n) is 4.32. The molecule has 0 unspecified atom stereocenters. The minimum absolute atomic E-state index is 0.323. The van der Waals surface area contributed by atoms with Gasteiger partial charge in [0.1, 0.15) is 11.8 Å². The van der Waals surface area contributed by atoms with Crippen molar-refractivity contribution in [1.29, 1.82) is 0 Å². The summed E-state index contributed by atoms with van der Waals surface area (Å²) in [4.78, 5) is 11.4. The highest BCUT2D eigenvalue weighted by Crippen LogP contribution is 2.08. The SMILES string of the molecule is CC(C)(C)OC(=O)n1cc(C#CF)cn1. The molecular formula is C10H11FN2O2. The van der Waals surface area contributed by atoms with Gasteiger partial charge >= 0.3 is 6.09 Å². The number of aromatic nitrogens is 2. The predicted octanol–water partition coefficient (Wildman–Crippen LogP) is 1.94. The summed E-state index contributed by atoms with van der Waals surface area (Å²) in [5.74, 6) is 2.14. The summed E-state index contributed by atoms with van der Waals surface area (Å²) in [6.45, 7) is 5.24. The molecule has 0 bridgehead atoms. The monoisotopic (exact) mass is 210 g/mol. The zero-order valence-corrected chi connectivity index (χ0v) is 8.74. The molecule has 5 heteroatoms. The number of ether oxygens (including phenoxy) is 1. The summed E-state index contributed by atoms with van der Waals surface area (Å²) < 4.78 is 17.7. The molecular weight excluding hydrogens is 199 g/mol. The minimum atomic E-state index is -0.616. The van der Waals surface area contributed by atoms with Crippen molar-refractivity contribution in [3.05, 3.63) is 18.0 Å². The maximum atomic E-state index is 11.6. The molecule has 0 saturated heterocycles. The Balaban J connectivity index is 2.78. The van der Waals surface area contributed by atoms with Gasteiger partial charge in [-0.1, -0.05) is 0 Å². The quantitative estimate of drug-likeness (QED) is 0.615. The summed E-state index contributed by atoms with van der Waals surface area (Å²) in [5, 5.41) is 3.69. The molecule has 0 N–H and O–H groups in total. The Labute approximate surface area is 87.0 Å². The van der Waals surface area contributed by atoms with Gasteiger partial charge in [-0.3, -0.25) is 0 Å². The van der Waals surface area contributed by atoms with Gasteiger partial charge in [-0.05, 0) is 26.7 Å². The molecule has 1 rings (SSSR count). The van der Waals surface area contributed by atoms with Gasteiger partial charge in [0.05, 0.1) is 18.0 Å². The van der Waals surface area contributed by atoms with E-state index in [0.29, 0.717) is 5.56 Å². The highest BCUT2D eigenvalue weighted by atomic mass is 19.1. The average Bonchev–Trinajstić information content (AvgIpc) is 2.50. The average molecular weight is 210 g/mol. The molecule has 0 aliphatic heterocycles. The van der Waals surface area contributed by atoms with E-state index >= 15 is 0 Å². The molecule has 0 fully saturated rings. The van der Waals surface area contributed by atoms with Crippen molar-refractivity contribution in [2.24, 2.45) is 0 Å². The Kier molecular flexibility index (Phi) is 3.10. The van der Waals surface area contributed by atoms with Crippen LogP contribution in [0.4, 0.5) is 9.18 Å². The van der Waals surface area contributed by atoms with Gasteiger partial charge in [0.2, 0.25) is 0 Å². The Bertz CT molecular complexity index is 421. The Hall–Kier alpha value is -1.83. The molecule has 80 valence electrons. The minimum Gasteiger partial charge on any atom is -0.442 e. The van der Waals surface area contributed by atoms with Crippen LogP contribution in [0.2, 0.25) is 0 Å². The molecule has 0 saturated carbocycles. The van der Waals surface area contributed by atoms with Crippen LogP contribution in [-0.2, 0) is 4.74 Å². The van der Waals surface area contributed by atoms with Crippen molar-refractivity contribution in [2.75, 3.05) is 0 Å². The third-order valence-electron chi connectivity index (χ3n) is 1.35. The highest BCUT2D eigenvalue weighted by Gasteiger charge is 2.18. The van der Waals surface area contributed by atoms with E-state index in [1.165, 1.54) is 18.6 Å². The van der Waals surface area contributed by atoms with Gasteiger partial charge < -0.3 is 4.74 Å². The van der Waals surface area contributed by atoms with Crippen LogP contribution in [-0.4, -0.2) is 21.5 Å². The topological polar surface area (TPSA) is 44.1 Å². The summed E-state index contributed by atoms with van der Waals surface area (Å²) in [7, 11) is 0. The normalized spacial score (nSPS) is 10.4. The molecule has 0 aromatic carbocycles. The number of carbonyl (C=O) groups is 1. The van der Waals surface area contributed by atoms with Gasteiger partial charge in [0.15, 0.2) is 0 Å². The lowest BCUT2D eigenvalue weighted by Gasteiger charge is -2.18. The maximum absolute atomic E-state index is 11.6. The van der Waals surface area contributed by atoms with E-state index in [1.807, 2.05) is 0 Å². The number of rotatable bonds is 0. The van der Waals surface area contributed by atoms with E-state index in [0.717, 1.165) is 4.68 Å². The number of hydrogen-bond donors (Lipinski definition) is 0. The Morgan fingerprint density at radius 2 is 2.27 bits per heavy atom. The van der Waals surface area contributed by atoms with E-state index in [9.17, 15) is 9.18 Å². The zero-order valence-electron chi connectivity index (χ0n) is 8.74. The second-order valence-corrected chi connectivity index (χ2v) is 3.87. The van der Waals surface area contributed by atoms with Crippen LogP contribution >= 0.6 is 0 Å². The van der Waals surface area contributed by atoms with Crippen LogP contribution in [0.1, 0.15) is 26.3 Å². The van der Waals surface area contributed by atoms with Crippen LogP contribution in [0.5, 0.6) is 0 Å². The molecule has 0 aliphatic rings. The van der Waals surface area contributed by atoms with Crippen LogP contribution < -0.4 is 0 Å². The molecule has 0 atom stereocenters. The lowest BCUT2D eigenvalue weighted by Crippen LogP contribution is -2.27. The van der Waals surface area contributed by atoms with E-state index in [-0.39, 0.29) is 0 Å². The molecule has 0 amide bonds. The Morgan fingerprint density at radius 3 is 2.80 bits per heavy atom. The van der Waals surface area contributed by atoms with Crippen LogP contribution in [0.15, 0.2) is 12.4 Å². The number of hydrogen-bond acceptors (Lipinski definition) is 3. The second kappa shape index (κ2) is 4.13. The maximum Gasteiger partial charge on any atom is 0.435 e. The zero-order chi connectivity index (χ0) is 11.5. The van der Waals surface area contributed by atoms with Crippen molar-refractivity contribution in [2.45, 2.75) is 26.4 Å². The van der Waals surface area contributed by atoms with Gasteiger partial charge in [0, 0.05) is 0 Å². The van der Waals surface area contributed by atoms with Crippen LogP contribution in [0.25, 0.3) is 0 Å². The van der Waals surface area contributed by atoms with E-state index in [4.69, 9.17) is 4.74 Å². The van der Waals surface area contributed by atoms with E-state index in [1.54, 1.807) is 20.8 Å². The van der Waals surface area contributed by atoms with Crippen molar-refractivity contribution in [1.82, 2.24) is 9.78 Å². The molecule has 0 spiro atoms. The van der Waals surface area contributed by atoms with Gasteiger partial charge in [0.25, 0.3) is 0 Å². The standard InChI is InChI=1S/C10H11FN2O2/c1-10(2,3)15-9(14)13-7-8(4-5-11)6-12-13/h6-7H,1-3H3. The summed E-state index contributed by atoms with van der Waals surface area (Å²) in [6.07, 6.45) is 3.21. The van der Waals surface area contributed by atoms with Crippen molar-refractivity contribution < 1.29 is 13.9 Å². The fourth-order valence-corrected chi connectivity index (χ4v) is 0.850. The largest absolute Gasteiger partial charge is 0.442 e. The molecule has 1 aromatic rings. The first-order valence-corrected chi connectivity index (χ1v) is 4.32. The summed E-state index contributed by atoms with van der Waals surface area (Å²) in [5.41, 5.74) is -0.266. The smallest absolute Gasteiger partial charge is 0.435 e. The number of halogens is 1. The molecule has 15 heavy (non-hydrogen) atoms. The fourth-order valence-electron chi connectivity index (χ4n) is 0.850. The van der Waals surface area contributed by atoms with Crippen molar-refractivity contribution in [3.8, 4) is 12.1 Å². The summed E-state index contributed by atoms with van der Waals surface area (Å²) >= 11 is 0. The first kappa shape index (κ1) is 11.2. The first-order chi connectivity index (χ1) is 6.92. The number of carbonyl (C=O) groups excluding carboxylic acids is 1. The molecule has 0 radical (unpaired) electrons.